The van der Waals surface area contributed by atoms with Crippen LogP contribution in [0.3, 0.4) is 0 Å². The molecule has 0 bridgehead atoms. The second-order valence-corrected chi connectivity index (χ2v) is 9.18. The van der Waals surface area contributed by atoms with Gasteiger partial charge < -0.3 is 15.1 Å². The number of nitriles is 1. The van der Waals surface area contributed by atoms with Crippen molar-refractivity contribution in [2.45, 2.75) is 10.9 Å². The molecule has 1 N–H and O–H groups in total. The van der Waals surface area contributed by atoms with Crippen LogP contribution in [-0.4, -0.2) is 35.8 Å². The van der Waals surface area contributed by atoms with Crippen molar-refractivity contribution in [1.29, 1.82) is 5.26 Å². The summed E-state index contributed by atoms with van der Waals surface area (Å²) in [5.74, 6) is 0.101. The number of hydrogen-bond acceptors (Lipinski definition) is 9. The summed E-state index contributed by atoms with van der Waals surface area (Å²) in [5.41, 5.74) is 2.92. The number of nitrogens with zero attached hydrogens (tertiary/aromatic N) is 5. The van der Waals surface area contributed by atoms with Crippen LogP contribution in [-0.2, 0) is 11.3 Å². The molecule has 0 spiro atoms. The first kappa shape index (κ1) is 21.8. The van der Waals surface area contributed by atoms with E-state index in [4.69, 9.17) is 0 Å². The normalized spacial score (nSPS) is 12.5. The van der Waals surface area contributed by atoms with Crippen molar-refractivity contribution in [2.75, 3.05) is 35.0 Å². The summed E-state index contributed by atoms with van der Waals surface area (Å²) in [6.45, 7) is 0.489. The zero-order valence-corrected chi connectivity index (χ0v) is 19.0. The summed E-state index contributed by atoms with van der Waals surface area (Å²) in [4.78, 5) is 16.6. The zero-order valence-electron chi connectivity index (χ0n) is 17.4. The molecule has 0 atom stereocenters. The lowest BCUT2D eigenvalue weighted by molar-refractivity contribution is -0.112. The van der Waals surface area contributed by atoms with Gasteiger partial charge in [0.1, 0.15) is 23.3 Å². The first-order chi connectivity index (χ1) is 15.5. The molecule has 0 radical (unpaired) electrons. The highest BCUT2D eigenvalue weighted by molar-refractivity contribution is 8.01. The second kappa shape index (κ2) is 9.38. The number of benzene rings is 2. The predicted molar refractivity (Wildman–Crippen MR) is 125 cm³/mol. The Bertz CT molecular complexity index is 1190. The molecule has 2 heterocycles. The molecule has 2 aromatic carbocycles. The number of allylic oxidation sites excluding steroid dienone is 1. The number of thioether (sulfide) groups is 1. The standard InChI is InChI=1S/C22H19FN6OS2/c1-28-17-5-3-4-6-18(17)29(2)20(28)16(11-24)19(30)13-31-22-27-26-21(32-22)25-12-14-7-9-15(23)10-8-14/h3-10H,12-13H2,1-2H3,(H,25,26). The molecular weight excluding hydrogens is 447 g/mol. The lowest BCUT2D eigenvalue weighted by atomic mass is 10.2. The van der Waals surface area contributed by atoms with E-state index >= 15 is 0 Å². The molecular formula is C22H19FN6OS2. The van der Waals surface area contributed by atoms with E-state index in [9.17, 15) is 14.4 Å². The Morgan fingerprint density at radius 2 is 1.78 bits per heavy atom. The van der Waals surface area contributed by atoms with Crippen molar-refractivity contribution in [3.63, 3.8) is 0 Å². The summed E-state index contributed by atoms with van der Waals surface area (Å²) in [5, 5.41) is 21.6. The fraction of sp³-hybridized carbons (Fsp3) is 0.182. The third-order valence-electron chi connectivity index (χ3n) is 4.94. The molecule has 1 aliphatic heterocycles. The Morgan fingerprint density at radius 3 is 2.41 bits per heavy atom. The SMILES string of the molecule is CN1C(=C(C#N)C(=O)CSc2nnc(NCc3ccc(F)cc3)s2)N(C)c2ccccc21. The van der Waals surface area contributed by atoms with Crippen LogP contribution < -0.4 is 15.1 Å². The number of fused-ring (bicyclic) bond motifs is 1. The first-order valence-electron chi connectivity index (χ1n) is 9.66. The molecule has 0 fully saturated rings. The minimum absolute atomic E-state index is 0.0804. The van der Waals surface area contributed by atoms with Crippen LogP contribution in [0.15, 0.2) is 64.3 Å². The summed E-state index contributed by atoms with van der Waals surface area (Å²) in [6, 6.07) is 16.0. The molecule has 3 aromatic rings. The number of rotatable bonds is 7. The molecule has 0 unspecified atom stereocenters. The molecule has 0 saturated heterocycles. The number of carbonyl (C=O) groups is 1. The maximum Gasteiger partial charge on any atom is 0.206 e. The second-order valence-electron chi connectivity index (χ2n) is 6.98. The highest BCUT2D eigenvalue weighted by Crippen LogP contribution is 2.40. The van der Waals surface area contributed by atoms with Gasteiger partial charge in [-0.15, -0.1) is 10.2 Å². The number of para-hydroxylation sites is 2. The topological polar surface area (TPSA) is 85.1 Å². The number of nitrogens with one attached hydrogen (secondary N) is 1. The van der Waals surface area contributed by atoms with Crippen LogP contribution in [0.1, 0.15) is 5.56 Å². The third kappa shape index (κ3) is 4.44. The van der Waals surface area contributed by atoms with E-state index in [-0.39, 0.29) is 22.9 Å². The fourth-order valence-electron chi connectivity index (χ4n) is 3.38. The van der Waals surface area contributed by atoms with E-state index in [1.54, 1.807) is 12.1 Å². The van der Waals surface area contributed by atoms with Crippen molar-refractivity contribution in [3.05, 3.63) is 71.3 Å². The third-order valence-corrected chi connectivity index (χ3v) is 6.96. The molecule has 7 nitrogen and oxygen atoms in total. The Labute approximate surface area is 193 Å². The molecule has 0 saturated carbocycles. The average Bonchev–Trinajstić information content (AvgIpc) is 3.36. The van der Waals surface area contributed by atoms with Crippen molar-refractivity contribution in [2.24, 2.45) is 0 Å². The van der Waals surface area contributed by atoms with Gasteiger partial charge in [-0.1, -0.05) is 47.4 Å². The van der Waals surface area contributed by atoms with Gasteiger partial charge in [-0.3, -0.25) is 4.79 Å². The average molecular weight is 467 g/mol. The molecule has 32 heavy (non-hydrogen) atoms. The Morgan fingerprint density at radius 1 is 1.12 bits per heavy atom. The van der Waals surface area contributed by atoms with Crippen molar-refractivity contribution in [3.8, 4) is 6.07 Å². The highest BCUT2D eigenvalue weighted by atomic mass is 32.2. The maximum absolute atomic E-state index is 13.0. The Balaban J connectivity index is 1.40. The number of aromatic nitrogens is 2. The smallest absolute Gasteiger partial charge is 0.206 e. The van der Waals surface area contributed by atoms with E-state index in [0.29, 0.717) is 21.8 Å². The van der Waals surface area contributed by atoms with Crippen LogP contribution in [0.25, 0.3) is 0 Å². The van der Waals surface area contributed by atoms with Gasteiger partial charge in [-0.2, -0.15) is 5.26 Å². The van der Waals surface area contributed by atoms with E-state index in [0.717, 1.165) is 16.9 Å². The quantitative estimate of drug-likeness (QED) is 0.314. The van der Waals surface area contributed by atoms with Crippen LogP contribution in [0, 0.1) is 17.1 Å². The first-order valence-corrected chi connectivity index (χ1v) is 11.5. The van der Waals surface area contributed by atoms with Gasteiger partial charge in [0, 0.05) is 20.6 Å². The van der Waals surface area contributed by atoms with E-state index in [1.165, 1.54) is 35.2 Å². The highest BCUT2D eigenvalue weighted by Gasteiger charge is 2.31. The minimum atomic E-state index is -0.279. The van der Waals surface area contributed by atoms with Crippen molar-refractivity contribution >= 4 is 45.4 Å². The van der Waals surface area contributed by atoms with Crippen molar-refractivity contribution in [1.82, 2.24) is 10.2 Å². The molecule has 1 aliphatic rings. The lowest BCUT2D eigenvalue weighted by Gasteiger charge is -2.19. The Hall–Kier alpha value is -3.42. The van der Waals surface area contributed by atoms with Gasteiger partial charge in [0.05, 0.1) is 17.1 Å². The lowest BCUT2D eigenvalue weighted by Crippen LogP contribution is -2.26. The number of carbonyl (C=O) groups excluding carboxylic acids is 1. The van der Waals surface area contributed by atoms with Gasteiger partial charge in [-0.05, 0) is 29.8 Å². The maximum atomic E-state index is 13.0. The number of ketones is 1. The van der Waals surface area contributed by atoms with Gasteiger partial charge in [0.25, 0.3) is 0 Å². The van der Waals surface area contributed by atoms with Gasteiger partial charge in [-0.25, -0.2) is 4.39 Å². The van der Waals surface area contributed by atoms with E-state index in [1.807, 2.05) is 48.2 Å². The van der Waals surface area contributed by atoms with Gasteiger partial charge in [0.2, 0.25) is 5.13 Å². The summed E-state index contributed by atoms with van der Waals surface area (Å²) in [6.07, 6.45) is 0. The van der Waals surface area contributed by atoms with Crippen molar-refractivity contribution < 1.29 is 9.18 Å². The van der Waals surface area contributed by atoms with E-state index < -0.39 is 0 Å². The largest absolute Gasteiger partial charge is 0.356 e. The molecule has 10 heteroatoms. The van der Waals surface area contributed by atoms with Crippen LogP contribution in [0.2, 0.25) is 0 Å². The minimum Gasteiger partial charge on any atom is -0.356 e. The number of hydrogen-bond donors (Lipinski definition) is 1. The van der Waals surface area contributed by atoms with Gasteiger partial charge >= 0.3 is 0 Å². The number of Topliss-reactive ketones (excluding diaryl/α,β-unsaturated/α-hetero) is 1. The monoisotopic (exact) mass is 466 g/mol. The fourth-order valence-corrected chi connectivity index (χ4v) is 5.00. The predicted octanol–water partition coefficient (Wildman–Crippen LogP) is 4.27. The number of halogens is 1. The summed E-state index contributed by atoms with van der Waals surface area (Å²) in [7, 11) is 3.69. The zero-order chi connectivity index (χ0) is 22.7. The number of anilines is 3. The van der Waals surface area contributed by atoms with Crippen LogP contribution in [0.5, 0.6) is 0 Å². The summed E-state index contributed by atoms with van der Waals surface area (Å²) < 4.78 is 13.6. The molecule has 162 valence electrons. The van der Waals surface area contributed by atoms with Crippen LogP contribution >= 0.6 is 23.1 Å². The van der Waals surface area contributed by atoms with Crippen LogP contribution in [0.4, 0.5) is 20.9 Å². The van der Waals surface area contributed by atoms with Gasteiger partial charge in [0.15, 0.2) is 10.1 Å². The molecule has 1 aromatic heterocycles. The summed E-state index contributed by atoms with van der Waals surface area (Å²) >= 11 is 2.57. The molecule has 4 rings (SSSR count). The Kier molecular flexibility index (Phi) is 6.39. The molecule has 0 aliphatic carbocycles. The molecule has 0 amide bonds. The van der Waals surface area contributed by atoms with E-state index in [2.05, 4.69) is 21.6 Å².